The summed E-state index contributed by atoms with van der Waals surface area (Å²) in [5, 5.41) is 1.56. The first-order valence-corrected chi connectivity index (χ1v) is 9.06. The summed E-state index contributed by atoms with van der Waals surface area (Å²) in [6, 6.07) is 12.1. The van der Waals surface area contributed by atoms with Crippen LogP contribution in [0, 0.1) is 0 Å². The van der Waals surface area contributed by atoms with E-state index in [1.165, 1.54) is 24.6 Å². The number of pyridine rings is 1. The van der Waals surface area contributed by atoms with Crippen molar-refractivity contribution < 1.29 is 0 Å². The van der Waals surface area contributed by atoms with Crippen molar-refractivity contribution in [3.05, 3.63) is 60.6 Å². The Morgan fingerprint density at radius 2 is 1.84 bits per heavy atom. The normalized spacial score (nSPS) is 11.7. The molecule has 25 heavy (non-hydrogen) atoms. The summed E-state index contributed by atoms with van der Waals surface area (Å²) >= 11 is 0. The molecule has 0 saturated carbocycles. The predicted molar refractivity (Wildman–Crippen MR) is 109 cm³/mol. The monoisotopic (exact) mass is 340 g/mol. The van der Waals surface area contributed by atoms with E-state index in [-0.39, 0.29) is 0 Å². The molecule has 4 N–H and O–H groups in total. The van der Waals surface area contributed by atoms with Crippen LogP contribution in [0.25, 0.3) is 11.3 Å². The fraction of sp³-hybridized carbons (Fsp3) is 0.381. The first-order chi connectivity index (χ1) is 12.1. The molecular weight excluding hydrogens is 308 g/mol. The minimum absolute atomic E-state index is 0.426. The molecule has 0 spiro atoms. The lowest BCUT2D eigenvalue weighted by Gasteiger charge is -2.22. The zero-order chi connectivity index (χ0) is 18.7. The highest BCUT2D eigenvalue weighted by Crippen LogP contribution is 2.32. The summed E-state index contributed by atoms with van der Waals surface area (Å²) in [7, 11) is 0. The topological polar surface area (TPSA) is 68.2 Å². The van der Waals surface area contributed by atoms with Gasteiger partial charge in [-0.2, -0.15) is 0 Å². The number of aromatic nitrogens is 1. The molecule has 2 aromatic rings. The number of unbranched alkanes of at least 4 members (excludes halogenated alkanes) is 1. The lowest BCUT2D eigenvalue weighted by Crippen LogP contribution is -2.26. The second-order valence-electron chi connectivity index (χ2n) is 6.05. The van der Waals surface area contributed by atoms with Gasteiger partial charge in [0.05, 0.1) is 11.4 Å². The Hall–Kier alpha value is -2.33. The Kier molecular flexibility index (Phi) is 9.33. The van der Waals surface area contributed by atoms with Gasteiger partial charge in [0.15, 0.2) is 0 Å². The highest BCUT2D eigenvalue weighted by atomic mass is 15.4. The van der Waals surface area contributed by atoms with Crippen molar-refractivity contribution in [2.45, 2.75) is 52.9 Å². The second kappa shape index (κ2) is 11.3. The summed E-state index contributed by atoms with van der Waals surface area (Å²) in [6.45, 7) is 8.72. The van der Waals surface area contributed by atoms with Gasteiger partial charge in [0.1, 0.15) is 0 Å². The van der Waals surface area contributed by atoms with Gasteiger partial charge >= 0.3 is 0 Å². The van der Waals surface area contributed by atoms with E-state index in [0.29, 0.717) is 5.92 Å². The van der Waals surface area contributed by atoms with Crippen molar-refractivity contribution in [1.29, 1.82) is 0 Å². The van der Waals surface area contributed by atoms with Gasteiger partial charge in [-0.1, -0.05) is 58.7 Å². The van der Waals surface area contributed by atoms with Crippen LogP contribution in [0.3, 0.4) is 0 Å². The van der Waals surface area contributed by atoms with Crippen LogP contribution in [0.15, 0.2) is 55.0 Å². The second-order valence-corrected chi connectivity index (χ2v) is 6.05. The third-order valence-corrected chi connectivity index (χ3v) is 4.16. The van der Waals surface area contributed by atoms with Crippen LogP contribution in [-0.4, -0.2) is 4.98 Å². The van der Waals surface area contributed by atoms with Gasteiger partial charge in [0.25, 0.3) is 0 Å². The van der Waals surface area contributed by atoms with Gasteiger partial charge in [-0.15, -0.1) is 0 Å². The largest absolute Gasteiger partial charge is 0.403 e. The number of nitrogens with two attached hydrogens (primary N) is 2. The smallest absolute Gasteiger partial charge is 0.0702 e. The lowest BCUT2D eigenvalue weighted by atomic mass is 9.94. The van der Waals surface area contributed by atoms with Crippen LogP contribution in [0.2, 0.25) is 0 Å². The molecule has 4 heteroatoms. The van der Waals surface area contributed by atoms with Crippen molar-refractivity contribution >= 4 is 5.69 Å². The molecule has 1 unspecified atom stereocenters. The molecule has 0 aliphatic heterocycles. The summed E-state index contributed by atoms with van der Waals surface area (Å²) in [5.41, 5.74) is 9.59. The fourth-order valence-electron chi connectivity index (χ4n) is 2.27. The summed E-state index contributed by atoms with van der Waals surface area (Å²) in [5.74, 6) is 6.52. The molecule has 0 aliphatic carbocycles. The molecule has 1 heterocycles. The summed E-state index contributed by atoms with van der Waals surface area (Å²) in [4.78, 5) is 4.39. The molecule has 1 atom stereocenters. The van der Waals surface area contributed by atoms with Crippen molar-refractivity contribution in [3.63, 3.8) is 0 Å². The van der Waals surface area contributed by atoms with Gasteiger partial charge < -0.3 is 5.73 Å². The SMILES string of the molecule is CCC(C)c1ccc(-c2ccccn2)cc1N(N)/C=C\N.CCCC. The zero-order valence-corrected chi connectivity index (χ0v) is 15.9. The third kappa shape index (κ3) is 6.24. The molecule has 4 nitrogen and oxygen atoms in total. The van der Waals surface area contributed by atoms with E-state index in [1.807, 2.05) is 18.2 Å². The van der Waals surface area contributed by atoms with E-state index in [0.717, 1.165) is 23.4 Å². The predicted octanol–water partition coefficient (Wildman–Crippen LogP) is 5.18. The van der Waals surface area contributed by atoms with Gasteiger partial charge in [0.2, 0.25) is 0 Å². The quantitative estimate of drug-likeness (QED) is 0.561. The molecular formula is C21H32N4. The van der Waals surface area contributed by atoms with Crippen molar-refractivity contribution in [2.75, 3.05) is 5.01 Å². The Bertz CT molecular complexity index is 636. The molecule has 2 rings (SSSR count). The molecule has 0 bridgehead atoms. The maximum absolute atomic E-state index is 6.09. The highest BCUT2D eigenvalue weighted by molar-refractivity contribution is 5.69. The van der Waals surface area contributed by atoms with Gasteiger partial charge in [-0.3, -0.25) is 9.99 Å². The highest BCUT2D eigenvalue weighted by Gasteiger charge is 2.13. The van der Waals surface area contributed by atoms with Crippen molar-refractivity contribution in [1.82, 2.24) is 4.98 Å². The molecule has 0 radical (unpaired) electrons. The van der Waals surface area contributed by atoms with Crippen LogP contribution >= 0.6 is 0 Å². The van der Waals surface area contributed by atoms with Gasteiger partial charge in [0, 0.05) is 24.2 Å². The van der Waals surface area contributed by atoms with E-state index >= 15 is 0 Å². The average Bonchev–Trinajstić information content (AvgIpc) is 2.68. The van der Waals surface area contributed by atoms with Crippen LogP contribution < -0.4 is 16.6 Å². The molecule has 0 amide bonds. The fourth-order valence-corrected chi connectivity index (χ4v) is 2.27. The number of anilines is 1. The van der Waals surface area contributed by atoms with E-state index in [9.17, 15) is 0 Å². The van der Waals surface area contributed by atoms with E-state index in [2.05, 4.69) is 50.9 Å². The van der Waals surface area contributed by atoms with Gasteiger partial charge in [-0.05, 0) is 36.1 Å². The minimum atomic E-state index is 0.426. The first-order valence-electron chi connectivity index (χ1n) is 9.06. The number of rotatable bonds is 6. The first kappa shape index (κ1) is 20.7. The Morgan fingerprint density at radius 1 is 1.12 bits per heavy atom. The van der Waals surface area contributed by atoms with E-state index < -0.39 is 0 Å². The molecule has 0 aliphatic rings. The maximum atomic E-state index is 6.09. The van der Waals surface area contributed by atoms with E-state index in [4.69, 9.17) is 11.6 Å². The lowest BCUT2D eigenvalue weighted by molar-refractivity contribution is 0.731. The molecule has 0 saturated heterocycles. The zero-order valence-electron chi connectivity index (χ0n) is 15.9. The van der Waals surface area contributed by atoms with Gasteiger partial charge in [-0.25, -0.2) is 5.84 Å². The van der Waals surface area contributed by atoms with Crippen LogP contribution in [0.4, 0.5) is 5.69 Å². The Labute approximate surface area is 152 Å². The summed E-state index contributed by atoms with van der Waals surface area (Å²) in [6.07, 6.45) is 8.57. The molecule has 136 valence electrons. The number of hydrazine groups is 1. The van der Waals surface area contributed by atoms with Crippen LogP contribution in [0.5, 0.6) is 0 Å². The summed E-state index contributed by atoms with van der Waals surface area (Å²) < 4.78 is 0. The minimum Gasteiger partial charge on any atom is -0.403 e. The number of hydrogen-bond acceptors (Lipinski definition) is 4. The number of nitrogens with zero attached hydrogens (tertiary/aromatic N) is 2. The Morgan fingerprint density at radius 3 is 2.36 bits per heavy atom. The molecule has 1 aromatic heterocycles. The Balaban J connectivity index is 0.000000705. The number of hydrogen-bond donors (Lipinski definition) is 2. The average molecular weight is 341 g/mol. The van der Waals surface area contributed by atoms with Crippen LogP contribution in [0.1, 0.15) is 58.4 Å². The van der Waals surface area contributed by atoms with Crippen molar-refractivity contribution in [3.8, 4) is 11.3 Å². The van der Waals surface area contributed by atoms with Crippen molar-refractivity contribution in [2.24, 2.45) is 11.6 Å². The molecule has 0 fully saturated rings. The van der Waals surface area contributed by atoms with E-state index in [1.54, 1.807) is 17.4 Å². The van der Waals surface area contributed by atoms with Crippen LogP contribution in [-0.2, 0) is 0 Å². The standard InChI is InChI=1S/C17H22N4.C4H10/c1-3-13(2)15-8-7-14(16-6-4-5-10-20-16)12-17(15)21(19)11-9-18;1-3-4-2/h4-13H,3,18-19H2,1-2H3;3-4H2,1-2H3/b11-9-;. The third-order valence-electron chi connectivity index (χ3n) is 4.16. The molecule has 1 aromatic carbocycles. The maximum Gasteiger partial charge on any atom is 0.0702 e. The number of benzene rings is 1.